The Balaban J connectivity index is 1.47. The lowest BCUT2D eigenvalue weighted by Crippen LogP contribution is -2.07. The van der Waals surface area contributed by atoms with Crippen LogP contribution in [0.5, 0.6) is 0 Å². The van der Waals surface area contributed by atoms with E-state index < -0.39 is 0 Å². The SMILES string of the molecule is O=C(C=Cc1ccc(Cl)c(Cl)c1)Nc1nc(-c2ccc3ccccc3c2)cs1. The summed E-state index contributed by atoms with van der Waals surface area (Å²) in [5.74, 6) is -0.259. The molecule has 0 saturated heterocycles. The number of halogens is 2. The normalized spacial score (nSPS) is 11.2. The van der Waals surface area contributed by atoms with Crippen molar-refractivity contribution < 1.29 is 4.79 Å². The van der Waals surface area contributed by atoms with Gasteiger partial charge in [0.05, 0.1) is 15.7 Å². The summed E-state index contributed by atoms with van der Waals surface area (Å²) in [6.07, 6.45) is 3.12. The van der Waals surface area contributed by atoms with Crippen LogP contribution in [-0.4, -0.2) is 10.9 Å². The number of amides is 1. The van der Waals surface area contributed by atoms with Crippen molar-refractivity contribution in [3.05, 3.63) is 87.7 Å². The van der Waals surface area contributed by atoms with E-state index in [0.717, 1.165) is 22.2 Å². The van der Waals surface area contributed by atoms with Gasteiger partial charge in [-0.3, -0.25) is 10.1 Å². The Hall–Kier alpha value is -2.66. The predicted octanol–water partition coefficient (Wildman–Crippen LogP) is 6.92. The third-order valence-electron chi connectivity index (χ3n) is 4.15. The lowest BCUT2D eigenvalue weighted by Gasteiger charge is -2.01. The number of benzene rings is 3. The first-order valence-corrected chi connectivity index (χ1v) is 10.1. The van der Waals surface area contributed by atoms with E-state index in [1.54, 1.807) is 24.3 Å². The summed E-state index contributed by atoms with van der Waals surface area (Å²) in [6, 6.07) is 19.6. The molecule has 4 aromatic rings. The number of hydrogen-bond donors (Lipinski definition) is 1. The van der Waals surface area contributed by atoms with E-state index in [4.69, 9.17) is 23.2 Å². The fourth-order valence-corrected chi connectivity index (χ4v) is 3.78. The molecule has 3 aromatic carbocycles. The molecule has 0 aliphatic carbocycles. The number of rotatable bonds is 4. The van der Waals surface area contributed by atoms with E-state index >= 15 is 0 Å². The van der Waals surface area contributed by atoms with Crippen molar-refractivity contribution in [2.75, 3.05) is 5.32 Å². The lowest BCUT2D eigenvalue weighted by molar-refractivity contribution is -0.111. The van der Waals surface area contributed by atoms with Crippen molar-refractivity contribution in [3.8, 4) is 11.3 Å². The zero-order valence-electron chi connectivity index (χ0n) is 14.5. The molecule has 0 bridgehead atoms. The molecule has 0 radical (unpaired) electrons. The summed E-state index contributed by atoms with van der Waals surface area (Å²) in [5, 5.41) is 8.53. The molecule has 28 heavy (non-hydrogen) atoms. The Bertz CT molecular complexity index is 1200. The minimum Gasteiger partial charge on any atom is -0.298 e. The fraction of sp³-hybridized carbons (Fsp3) is 0. The molecule has 1 N–H and O–H groups in total. The number of nitrogens with zero attached hydrogens (tertiary/aromatic N) is 1. The number of fused-ring (bicyclic) bond motifs is 1. The van der Waals surface area contributed by atoms with Crippen molar-refractivity contribution in [1.29, 1.82) is 0 Å². The van der Waals surface area contributed by atoms with Gasteiger partial charge in [-0.05, 0) is 40.6 Å². The molecule has 0 fully saturated rings. The quantitative estimate of drug-likeness (QED) is 0.361. The van der Waals surface area contributed by atoms with Crippen LogP contribution in [0.3, 0.4) is 0 Å². The van der Waals surface area contributed by atoms with Gasteiger partial charge < -0.3 is 0 Å². The topological polar surface area (TPSA) is 42.0 Å². The number of anilines is 1. The number of carbonyl (C=O) groups is 1. The molecule has 1 aromatic heterocycles. The smallest absolute Gasteiger partial charge is 0.250 e. The zero-order valence-corrected chi connectivity index (χ0v) is 16.9. The van der Waals surface area contributed by atoms with Crippen molar-refractivity contribution in [2.45, 2.75) is 0 Å². The molecular formula is C22H14Cl2N2OS. The number of hydrogen-bond acceptors (Lipinski definition) is 3. The second-order valence-electron chi connectivity index (χ2n) is 6.10. The van der Waals surface area contributed by atoms with Crippen LogP contribution in [0.1, 0.15) is 5.56 Å². The van der Waals surface area contributed by atoms with E-state index in [1.165, 1.54) is 22.8 Å². The Morgan fingerprint density at radius 3 is 2.61 bits per heavy atom. The van der Waals surface area contributed by atoms with Crippen LogP contribution in [0.2, 0.25) is 10.0 Å². The largest absolute Gasteiger partial charge is 0.298 e. The van der Waals surface area contributed by atoms with Crippen molar-refractivity contribution in [3.63, 3.8) is 0 Å². The Morgan fingerprint density at radius 1 is 0.964 bits per heavy atom. The van der Waals surface area contributed by atoms with Crippen LogP contribution in [0.25, 0.3) is 28.1 Å². The predicted molar refractivity (Wildman–Crippen MR) is 119 cm³/mol. The first-order chi connectivity index (χ1) is 13.6. The van der Waals surface area contributed by atoms with Gasteiger partial charge in [0.1, 0.15) is 0 Å². The average molecular weight is 425 g/mol. The van der Waals surface area contributed by atoms with Gasteiger partial charge >= 0.3 is 0 Å². The molecule has 6 heteroatoms. The van der Waals surface area contributed by atoms with E-state index in [2.05, 4.69) is 34.6 Å². The third-order valence-corrected chi connectivity index (χ3v) is 5.65. The molecule has 0 unspecified atom stereocenters. The molecule has 0 aliphatic rings. The van der Waals surface area contributed by atoms with Gasteiger partial charge in [-0.25, -0.2) is 4.98 Å². The molecule has 1 amide bonds. The van der Waals surface area contributed by atoms with E-state index in [1.807, 2.05) is 23.6 Å². The Kier molecular flexibility index (Phi) is 5.44. The first kappa shape index (κ1) is 18.7. The van der Waals surface area contributed by atoms with Crippen molar-refractivity contribution in [2.24, 2.45) is 0 Å². The van der Waals surface area contributed by atoms with Crippen LogP contribution >= 0.6 is 34.5 Å². The van der Waals surface area contributed by atoms with Crippen LogP contribution in [0.4, 0.5) is 5.13 Å². The zero-order chi connectivity index (χ0) is 19.5. The van der Waals surface area contributed by atoms with Gasteiger partial charge in [0, 0.05) is 17.0 Å². The summed E-state index contributed by atoms with van der Waals surface area (Å²) in [7, 11) is 0. The molecule has 1 heterocycles. The second-order valence-corrected chi connectivity index (χ2v) is 7.77. The highest BCUT2D eigenvalue weighted by atomic mass is 35.5. The molecule has 0 saturated carbocycles. The monoisotopic (exact) mass is 424 g/mol. The molecule has 0 atom stereocenters. The molecule has 3 nitrogen and oxygen atoms in total. The lowest BCUT2D eigenvalue weighted by atomic mass is 10.1. The maximum Gasteiger partial charge on any atom is 0.250 e. The third kappa shape index (κ3) is 4.25. The van der Waals surface area contributed by atoms with Crippen LogP contribution in [0, 0.1) is 0 Å². The van der Waals surface area contributed by atoms with Crippen LogP contribution in [0.15, 0.2) is 72.1 Å². The van der Waals surface area contributed by atoms with Crippen molar-refractivity contribution >= 4 is 62.4 Å². The van der Waals surface area contributed by atoms with Gasteiger partial charge in [0.25, 0.3) is 0 Å². The Labute approximate surface area is 176 Å². The number of thiazole rings is 1. The van der Waals surface area contributed by atoms with Gasteiger partial charge in [-0.15, -0.1) is 11.3 Å². The molecule has 0 spiro atoms. The van der Waals surface area contributed by atoms with Gasteiger partial charge in [0.2, 0.25) is 5.91 Å². The minimum atomic E-state index is -0.259. The highest BCUT2D eigenvalue weighted by molar-refractivity contribution is 7.14. The molecular weight excluding hydrogens is 411 g/mol. The molecule has 0 aliphatic heterocycles. The molecule has 138 valence electrons. The molecule has 4 rings (SSSR count). The average Bonchev–Trinajstić information content (AvgIpc) is 3.17. The number of aromatic nitrogens is 1. The Morgan fingerprint density at radius 2 is 1.79 bits per heavy atom. The van der Waals surface area contributed by atoms with Crippen molar-refractivity contribution in [1.82, 2.24) is 4.98 Å². The number of carbonyl (C=O) groups excluding carboxylic acids is 1. The van der Waals surface area contributed by atoms with Gasteiger partial charge in [-0.2, -0.15) is 0 Å². The fourth-order valence-electron chi connectivity index (χ4n) is 2.75. The maximum absolute atomic E-state index is 12.2. The van der Waals surface area contributed by atoms with E-state index in [-0.39, 0.29) is 5.91 Å². The maximum atomic E-state index is 12.2. The van der Waals surface area contributed by atoms with E-state index in [0.29, 0.717) is 15.2 Å². The summed E-state index contributed by atoms with van der Waals surface area (Å²) in [5.41, 5.74) is 2.64. The minimum absolute atomic E-state index is 0.259. The van der Waals surface area contributed by atoms with Crippen LogP contribution in [-0.2, 0) is 4.79 Å². The standard InChI is InChI=1S/C22H14Cl2N2OS/c23-18-9-5-14(11-19(18)24)6-10-21(27)26-22-25-20(13-28-22)17-8-7-15-3-1-2-4-16(15)12-17/h1-13H,(H,25,26,27). The first-order valence-electron chi connectivity index (χ1n) is 8.47. The highest BCUT2D eigenvalue weighted by Gasteiger charge is 2.07. The summed E-state index contributed by atoms with van der Waals surface area (Å²) < 4.78 is 0. The van der Waals surface area contributed by atoms with Crippen LogP contribution < -0.4 is 5.32 Å². The summed E-state index contributed by atoms with van der Waals surface area (Å²) in [4.78, 5) is 16.7. The summed E-state index contributed by atoms with van der Waals surface area (Å²) in [6.45, 7) is 0. The number of nitrogens with one attached hydrogen (secondary N) is 1. The van der Waals surface area contributed by atoms with Gasteiger partial charge in [0.15, 0.2) is 5.13 Å². The highest BCUT2D eigenvalue weighted by Crippen LogP contribution is 2.28. The van der Waals surface area contributed by atoms with Gasteiger partial charge in [-0.1, -0.05) is 65.7 Å². The van der Waals surface area contributed by atoms with E-state index in [9.17, 15) is 4.79 Å². The second kappa shape index (κ2) is 8.15. The summed E-state index contributed by atoms with van der Waals surface area (Å²) >= 11 is 13.3.